The lowest BCUT2D eigenvalue weighted by Gasteiger charge is -2.17. The second-order valence-corrected chi connectivity index (χ2v) is 6.62. The maximum Gasteiger partial charge on any atom is 0.151 e. The van der Waals surface area contributed by atoms with Crippen LogP contribution in [0.4, 0.5) is 0 Å². The summed E-state index contributed by atoms with van der Waals surface area (Å²) in [4.78, 5) is 0. The lowest BCUT2D eigenvalue weighted by molar-refractivity contribution is 0.436. The van der Waals surface area contributed by atoms with E-state index in [1.165, 1.54) is 12.8 Å². The topological polar surface area (TPSA) is 46.2 Å². The summed E-state index contributed by atoms with van der Waals surface area (Å²) in [5.41, 5.74) is 0. The minimum Gasteiger partial charge on any atom is -0.310 e. The molecule has 0 radical (unpaired) electrons. The molecule has 4 heteroatoms. The van der Waals surface area contributed by atoms with Crippen molar-refractivity contribution >= 4 is 9.84 Å². The van der Waals surface area contributed by atoms with Gasteiger partial charge in [0, 0.05) is 12.1 Å². The van der Waals surface area contributed by atoms with Gasteiger partial charge in [0.2, 0.25) is 0 Å². The predicted molar refractivity (Wildman–Crippen MR) is 52.4 cm³/mol. The molecule has 1 heterocycles. The minimum absolute atomic E-state index is 0.223. The number of nitrogens with one attached hydrogen (secondary N) is 1. The molecule has 3 nitrogen and oxygen atoms in total. The van der Waals surface area contributed by atoms with E-state index in [-0.39, 0.29) is 6.04 Å². The largest absolute Gasteiger partial charge is 0.310 e. The third-order valence-corrected chi connectivity index (χ3v) is 4.83. The molecule has 0 spiro atoms. The van der Waals surface area contributed by atoms with Crippen molar-refractivity contribution in [1.82, 2.24) is 5.32 Å². The molecule has 2 rings (SSSR count). The molecule has 1 aliphatic carbocycles. The Bertz CT molecular complexity index is 282. The number of hydrogen-bond donors (Lipinski definition) is 1. The fourth-order valence-electron chi connectivity index (χ4n) is 2.03. The van der Waals surface area contributed by atoms with Crippen molar-refractivity contribution in [2.45, 2.75) is 38.3 Å². The zero-order valence-corrected chi connectivity index (χ0v) is 8.81. The van der Waals surface area contributed by atoms with Crippen LogP contribution in [0.1, 0.15) is 26.2 Å². The van der Waals surface area contributed by atoms with Crippen LogP contribution in [-0.2, 0) is 9.84 Å². The molecule has 0 bridgehead atoms. The van der Waals surface area contributed by atoms with E-state index in [0.717, 1.165) is 12.3 Å². The summed E-state index contributed by atoms with van der Waals surface area (Å²) in [5, 5.41) is 3.42. The van der Waals surface area contributed by atoms with Crippen LogP contribution in [-0.4, -0.2) is 32.0 Å². The van der Waals surface area contributed by atoms with Crippen molar-refractivity contribution in [1.29, 1.82) is 0 Å². The molecule has 0 aromatic rings. The van der Waals surface area contributed by atoms with Gasteiger partial charge in [0.15, 0.2) is 9.84 Å². The maximum absolute atomic E-state index is 11.2. The molecule has 13 heavy (non-hydrogen) atoms. The van der Waals surface area contributed by atoms with Crippen molar-refractivity contribution < 1.29 is 8.42 Å². The Morgan fingerprint density at radius 2 is 2.00 bits per heavy atom. The van der Waals surface area contributed by atoms with E-state index in [9.17, 15) is 8.42 Å². The summed E-state index contributed by atoms with van der Waals surface area (Å²) >= 11 is 0. The molecule has 1 saturated heterocycles. The lowest BCUT2D eigenvalue weighted by Crippen LogP contribution is -2.38. The first-order valence-corrected chi connectivity index (χ1v) is 6.85. The summed E-state index contributed by atoms with van der Waals surface area (Å²) in [6, 6.07) is 0.735. The minimum atomic E-state index is -2.71. The Morgan fingerprint density at radius 3 is 2.46 bits per heavy atom. The van der Waals surface area contributed by atoms with Crippen LogP contribution in [0.3, 0.4) is 0 Å². The molecule has 1 N–H and O–H groups in total. The number of sulfone groups is 1. The SMILES string of the molecule is C[C@@H](N[C@@H]1CCS(=O)(=O)C1)C1CC1. The third kappa shape index (κ3) is 2.44. The van der Waals surface area contributed by atoms with E-state index in [4.69, 9.17) is 0 Å². The smallest absolute Gasteiger partial charge is 0.151 e. The zero-order valence-electron chi connectivity index (χ0n) is 7.99. The quantitative estimate of drug-likeness (QED) is 0.729. The monoisotopic (exact) mass is 203 g/mol. The Labute approximate surface area is 79.8 Å². The third-order valence-electron chi connectivity index (χ3n) is 3.06. The lowest BCUT2D eigenvalue weighted by atomic mass is 10.1. The van der Waals surface area contributed by atoms with E-state index in [0.29, 0.717) is 17.5 Å². The molecule has 0 aromatic heterocycles. The van der Waals surface area contributed by atoms with E-state index < -0.39 is 9.84 Å². The van der Waals surface area contributed by atoms with Crippen LogP contribution in [0.25, 0.3) is 0 Å². The molecule has 0 amide bonds. The van der Waals surface area contributed by atoms with Gasteiger partial charge in [-0.2, -0.15) is 0 Å². The van der Waals surface area contributed by atoms with Crippen LogP contribution in [0.2, 0.25) is 0 Å². The van der Waals surface area contributed by atoms with Crippen molar-refractivity contribution in [3.8, 4) is 0 Å². The van der Waals surface area contributed by atoms with Gasteiger partial charge < -0.3 is 5.32 Å². The van der Waals surface area contributed by atoms with Crippen LogP contribution in [0, 0.1) is 5.92 Å². The van der Waals surface area contributed by atoms with Crippen LogP contribution in [0.15, 0.2) is 0 Å². The second-order valence-electron chi connectivity index (χ2n) is 4.39. The average molecular weight is 203 g/mol. The summed E-state index contributed by atoms with van der Waals surface area (Å²) < 4.78 is 22.3. The summed E-state index contributed by atoms with van der Waals surface area (Å²) in [6.45, 7) is 2.17. The van der Waals surface area contributed by atoms with Crippen molar-refractivity contribution in [2.24, 2.45) is 5.92 Å². The zero-order chi connectivity index (χ0) is 9.47. The molecule has 2 atom stereocenters. The van der Waals surface area contributed by atoms with Crippen molar-refractivity contribution in [3.63, 3.8) is 0 Å². The van der Waals surface area contributed by atoms with Crippen molar-refractivity contribution in [3.05, 3.63) is 0 Å². The van der Waals surface area contributed by atoms with Crippen molar-refractivity contribution in [2.75, 3.05) is 11.5 Å². The predicted octanol–water partition coefficient (Wildman–Crippen LogP) is 0.562. The van der Waals surface area contributed by atoms with Crippen LogP contribution >= 0.6 is 0 Å². The Kier molecular flexibility index (Phi) is 2.36. The molecule has 2 fully saturated rings. The van der Waals surface area contributed by atoms with Gasteiger partial charge in [0.05, 0.1) is 11.5 Å². The molecule has 1 saturated carbocycles. The molecular weight excluding hydrogens is 186 g/mol. The Hall–Kier alpha value is -0.0900. The van der Waals surface area contributed by atoms with Gasteiger partial charge >= 0.3 is 0 Å². The molecule has 76 valence electrons. The molecule has 2 aliphatic rings. The van der Waals surface area contributed by atoms with Gasteiger partial charge in [0.25, 0.3) is 0 Å². The maximum atomic E-state index is 11.2. The first kappa shape index (κ1) is 9.46. The van der Waals surface area contributed by atoms with E-state index in [1.807, 2.05) is 0 Å². The molecule has 0 aromatic carbocycles. The number of rotatable bonds is 3. The van der Waals surface area contributed by atoms with Gasteiger partial charge in [-0.05, 0) is 32.1 Å². The number of hydrogen-bond acceptors (Lipinski definition) is 3. The fourth-order valence-corrected chi connectivity index (χ4v) is 3.72. The summed E-state index contributed by atoms with van der Waals surface area (Å²) in [7, 11) is -2.71. The van der Waals surface area contributed by atoms with E-state index >= 15 is 0 Å². The van der Waals surface area contributed by atoms with Crippen LogP contribution in [0.5, 0.6) is 0 Å². The standard InChI is InChI=1S/C9H17NO2S/c1-7(8-2-3-8)10-9-4-5-13(11,12)6-9/h7-10H,2-6H2,1H3/t7-,9-/m1/s1. The highest BCUT2D eigenvalue weighted by Gasteiger charge is 2.33. The van der Waals surface area contributed by atoms with Gasteiger partial charge in [-0.1, -0.05) is 0 Å². The highest BCUT2D eigenvalue weighted by Crippen LogP contribution is 2.32. The molecular formula is C9H17NO2S. The second kappa shape index (κ2) is 3.24. The molecule has 0 unspecified atom stereocenters. The molecule has 1 aliphatic heterocycles. The average Bonchev–Trinajstić information content (AvgIpc) is 2.78. The van der Waals surface area contributed by atoms with E-state index in [1.54, 1.807) is 0 Å². The highest BCUT2D eigenvalue weighted by molar-refractivity contribution is 7.91. The van der Waals surface area contributed by atoms with Gasteiger partial charge in [0.1, 0.15) is 0 Å². The van der Waals surface area contributed by atoms with Gasteiger partial charge in [-0.3, -0.25) is 0 Å². The summed E-state index contributed by atoms with van der Waals surface area (Å²) in [6.07, 6.45) is 3.43. The summed E-state index contributed by atoms with van der Waals surface area (Å²) in [5.74, 6) is 1.54. The first-order chi connectivity index (χ1) is 6.07. The first-order valence-electron chi connectivity index (χ1n) is 5.03. The van der Waals surface area contributed by atoms with E-state index in [2.05, 4.69) is 12.2 Å². The Morgan fingerprint density at radius 1 is 1.31 bits per heavy atom. The Balaban J connectivity index is 1.83. The fraction of sp³-hybridized carbons (Fsp3) is 1.00. The normalized spacial score (nSPS) is 34.7. The van der Waals surface area contributed by atoms with Crippen LogP contribution < -0.4 is 5.32 Å². The van der Waals surface area contributed by atoms with Gasteiger partial charge in [-0.15, -0.1) is 0 Å². The van der Waals surface area contributed by atoms with Gasteiger partial charge in [-0.25, -0.2) is 8.42 Å². The highest BCUT2D eigenvalue weighted by atomic mass is 32.2.